The molecule has 0 unspecified atom stereocenters. The number of aromatic nitrogens is 5. The number of imidazole rings is 2. The Bertz CT molecular complexity index is 4860. The largest absolute Gasteiger partial charge is 0.481 e. The van der Waals surface area contributed by atoms with Gasteiger partial charge in [-0.05, 0) is 113 Å². The summed E-state index contributed by atoms with van der Waals surface area (Å²) in [5, 5.41) is 122. The van der Waals surface area contributed by atoms with Crippen molar-refractivity contribution in [1.82, 2.24) is 115 Å². The Morgan fingerprint density at radius 3 is 1.22 bits per heavy atom. The number of para-hydroxylation sites is 1. The molecule has 3 aromatic heterocycles. The minimum absolute atomic E-state index is 0.00528. The van der Waals surface area contributed by atoms with Gasteiger partial charge in [0, 0.05) is 73.1 Å². The van der Waals surface area contributed by atoms with Crippen LogP contribution in [0.4, 0.5) is 0 Å². The number of H-pyrrole nitrogens is 3. The number of carboxylic acid groups (broad SMARTS) is 3. The number of unbranched alkanes of at least 4 members (excludes halogenated alkanes) is 1. The molecule has 0 aliphatic rings. The maximum Gasteiger partial charge on any atom is 0.326 e. The van der Waals surface area contributed by atoms with Gasteiger partial charge in [0.15, 0.2) is 5.96 Å². The van der Waals surface area contributed by atoms with Gasteiger partial charge >= 0.3 is 17.9 Å². The molecule has 0 fully saturated rings. The smallest absolute Gasteiger partial charge is 0.326 e. The summed E-state index contributed by atoms with van der Waals surface area (Å²) in [4.78, 5) is 282. The maximum absolute atomic E-state index is 15.3. The number of nitrogens with one attached hydrogen (secondary N) is 21. The zero-order chi connectivity index (χ0) is 106. The number of rotatable bonds is 66. The van der Waals surface area contributed by atoms with E-state index in [9.17, 15) is 103 Å². The predicted molar refractivity (Wildman–Crippen MR) is 510 cm³/mol. The van der Waals surface area contributed by atoms with Crippen molar-refractivity contribution in [2.24, 2.45) is 46.8 Å². The summed E-state index contributed by atoms with van der Waals surface area (Å²) >= 11 is 0. The van der Waals surface area contributed by atoms with Crippen LogP contribution in [-0.4, -0.2) is 321 Å². The lowest BCUT2D eigenvalue weighted by Gasteiger charge is -2.31. The quantitative estimate of drug-likeness (QED) is 0.0111. The zero-order valence-electron chi connectivity index (χ0n) is 81.8. The first-order chi connectivity index (χ1) is 67.0. The third-order valence-electron chi connectivity index (χ3n) is 23.5. The lowest BCUT2D eigenvalue weighted by molar-refractivity contribution is -0.143. The average molecular weight is 2010 g/mol. The van der Waals surface area contributed by atoms with Gasteiger partial charge in [-0.3, -0.25) is 91.7 Å². The highest BCUT2D eigenvalue weighted by Gasteiger charge is 2.42. The average Bonchev–Trinajstić information content (AvgIpc) is 1.63. The Morgan fingerprint density at radius 1 is 0.401 bits per heavy atom. The van der Waals surface area contributed by atoms with E-state index < -0.39 is 303 Å². The van der Waals surface area contributed by atoms with Gasteiger partial charge in [0.25, 0.3) is 0 Å². The first-order valence-electron chi connectivity index (χ1n) is 47.1. The van der Waals surface area contributed by atoms with Crippen LogP contribution in [-0.2, 0) is 110 Å². The molecule has 0 bridgehead atoms. The molecule has 142 heavy (non-hydrogen) atoms. The van der Waals surface area contributed by atoms with Crippen molar-refractivity contribution in [2.45, 2.75) is 295 Å². The molecule has 21 atom stereocenters. The molecule has 3 heterocycles. The number of guanidine groups is 1. The molecule has 16 amide bonds. The number of carbonyl (C=O) groups excluding carboxylic acids is 16. The van der Waals surface area contributed by atoms with E-state index in [1.807, 2.05) is 0 Å². The molecular formula is C90H144N26O26. The topological polar surface area (TPSA) is 846 Å². The van der Waals surface area contributed by atoms with Crippen LogP contribution in [0.25, 0.3) is 10.9 Å². The highest BCUT2D eigenvalue weighted by Crippen LogP contribution is 2.22. The first kappa shape index (κ1) is 120. The van der Waals surface area contributed by atoms with Crippen LogP contribution >= 0.6 is 0 Å². The molecule has 0 radical (unpaired) electrons. The molecule has 1 aromatic carbocycles. The number of aromatic amines is 3. The molecule has 0 saturated heterocycles. The van der Waals surface area contributed by atoms with Gasteiger partial charge in [0.2, 0.25) is 94.5 Å². The fourth-order valence-electron chi connectivity index (χ4n) is 14.6. The predicted octanol–water partition coefficient (Wildman–Crippen LogP) is -6.85. The third kappa shape index (κ3) is 40.4. The molecule has 0 spiro atoms. The lowest BCUT2D eigenvalue weighted by Crippen LogP contribution is -2.63. The number of aliphatic hydroxyl groups is 4. The number of nitrogens with zero attached hydrogens (tertiary/aromatic N) is 2. The number of nitrogens with two attached hydrogens (primary N) is 3. The van der Waals surface area contributed by atoms with Crippen molar-refractivity contribution >= 4 is 129 Å². The highest BCUT2D eigenvalue weighted by atomic mass is 16.4. The van der Waals surface area contributed by atoms with Gasteiger partial charge in [-0.2, -0.15) is 0 Å². The summed E-state index contributed by atoms with van der Waals surface area (Å²) < 4.78 is 0. The molecule has 52 heteroatoms. The zero-order valence-corrected chi connectivity index (χ0v) is 81.8. The van der Waals surface area contributed by atoms with Crippen molar-refractivity contribution < 1.29 is 127 Å². The molecule has 0 aliphatic heterocycles. The molecule has 0 aliphatic carbocycles. The summed E-state index contributed by atoms with van der Waals surface area (Å²) in [6.45, 7) is 15.7. The molecule has 0 saturated carbocycles. The van der Waals surface area contributed by atoms with Crippen LogP contribution in [0, 0.1) is 35.0 Å². The van der Waals surface area contributed by atoms with Crippen molar-refractivity contribution in [1.29, 1.82) is 5.41 Å². The highest BCUT2D eigenvalue weighted by molar-refractivity contribution is 6.02. The summed E-state index contributed by atoms with van der Waals surface area (Å²) in [5.41, 5.74) is 18.8. The Hall–Kier alpha value is -13.9. The Morgan fingerprint density at radius 2 is 0.775 bits per heavy atom. The number of carboxylic acids is 3. The van der Waals surface area contributed by atoms with E-state index in [-0.39, 0.29) is 87.7 Å². The van der Waals surface area contributed by atoms with Gasteiger partial charge in [-0.1, -0.05) is 107 Å². The number of carbonyl (C=O) groups is 19. The van der Waals surface area contributed by atoms with Crippen LogP contribution in [0.3, 0.4) is 0 Å². The molecule has 4 aromatic rings. The van der Waals surface area contributed by atoms with Crippen LogP contribution in [0.5, 0.6) is 0 Å². The number of hydrogen-bond donors (Lipinski definition) is 31. The van der Waals surface area contributed by atoms with Crippen LogP contribution in [0.2, 0.25) is 0 Å². The summed E-state index contributed by atoms with van der Waals surface area (Å²) in [6, 6.07) is -21.5. The molecule has 52 nitrogen and oxygen atoms in total. The number of aliphatic hydroxyl groups excluding tert-OH is 4. The SMILES string of the molecule is CC[C@H](C)[C@H](N)C(=O)N[C@@H](CC(=O)O)C(=O)N[C@@H](CO)C(=O)N[C@@H](CCCCN)C(=O)N[C@H](C(=O)N[C@H](C(=O)N[C@@H](Cc1cnc[nH]1)C(=O)N[C@@H](CCCNC(=N)N)C(=O)N[C@H](C(=O)N[C@@H](Cc1cnc[nH]1)C(=O)N[C@@H](Cc1c[nH]c2ccccc12)C(=O)N[C@@H](CCC(=O)O)C(=O)N[C@@H](CO)C(=O)N[C@@H](C)C(=O)N[C@@H](CO)C(=O)N[C@@H](CC(C)C)C(=O)N[C@@H](CC(C)C)C(=O)O)[C@@H](C)CC)[C@@H](C)O)[C@@H](C)CC. The van der Waals surface area contributed by atoms with E-state index in [1.54, 1.807) is 93.5 Å². The third-order valence-corrected chi connectivity index (χ3v) is 23.5. The van der Waals surface area contributed by atoms with Gasteiger partial charge in [-0.25, -0.2) is 14.8 Å². The van der Waals surface area contributed by atoms with E-state index in [4.69, 9.17) is 22.6 Å². The normalized spacial score (nSPS) is 15.8. The maximum atomic E-state index is 15.3. The standard InChI is InChI=1S/C90H144N26O26/c1-13-45(8)69(92)85(137)107-62(34-68(123)124)81(133)113-66(40-119)83(135)103-55(23-18-19-27-91)75(127)115-71(47(10)15-3)87(139)116-72(49(12)120)88(140)109-60(32-51-36-95-41-99-51)79(131)102-56(24-20-28-97-90(93)94)76(128)114-70(46(9)14-2)86(138)108-61(33-52-37-96-42-100-52)80(132)106-59(31-50-35-98-54-22-17-16-21-53(50)54)78(130)104-57(25-26-67(121)122)74(126)112-64(38-117)82(134)101-48(11)73(125)111-65(39-118)84(136)105-58(29-43(4)5)77(129)110-63(89(141)142)30-44(6)7/h16-17,21-22,35-37,41-49,55-66,69-72,98,117-120H,13-15,18-20,23-34,38-40,91-92H2,1-12H3,(H,95,99)(H,96,100)(H,101,134)(H,102,131)(H,103,135)(H,104,130)(H,105,136)(H,106,132)(H,107,137)(H,108,138)(H,109,140)(H,110,129)(H,111,125)(H,112,126)(H,113,133)(H,114,128)(H,115,127)(H,116,139)(H,121,122)(H,123,124)(H,141,142)(H4,93,94,97)/t45-,46-,47-,48-,49+,55-,56-,57-,58-,59-,60-,61-,62-,63-,64-,65-,66-,69-,70-,71-,72-/m0/s1. The number of hydrogen-bond acceptors (Lipinski definition) is 28. The summed E-state index contributed by atoms with van der Waals surface area (Å²) in [6.07, 6.45) is 1.90. The van der Waals surface area contributed by atoms with E-state index >= 15 is 24.0 Å². The van der Waals surface area contributed by atoms with Crippen LogP contribution < -0.4 is 108 Å². The second kappa shape index (κ2) is 61.0. The van der Waals surface area contributed by atoms with E-state index in [0.29, 0.717) is 29.3 Å². The van der Waals surface area contributed by atoms with Crippen molar-refractivity contribution in [2.75, 3.05) is 32.9 Å². The fraction of sp³-hybridized carbons (Fsp3) is 0.622. The van der Waals surface area contributed by atoms with Crippen LogP contribution in [0.15, 0.2) is 55.5 Å². The number of amides is 16. The number of fused-ring (bicyclic) bond motifs is 1. The van der Waals surface area contributed by atoms with E-state index in [0.717, 1.165) is 13.8 Å². The second-order valence-electron chi connectivity index (χ2n) is 35.9. The van der Waals surface area contributed by atoms with Crippen molar-refractivity contribution in [3.8, 4) is 0 Å². The first-order valence-corrected chi connectivity index (χ1v) is 47.1. The minimum Gasteiger partial charge on any atom is -0.481 e. The van der Waals surface area contributed by atoms with E-state index in [1.165, 1.54) is 31.2 Å². The van der Waals surface area contributed by atoms with Crippen molar-refractivity contribution in [3.63, 3.8) is 0 Å². The molecule has 34 N–H and O–H groups in total. The number of aliphatic carboxylic acids is 3. The summed E-state index contributed by atoms with van der Waals surface area (Å²) in [5.74, 6) is -24.7. The van der Waals surface area contributed by atoms with Gasteiger partial charge in [0.05, 0.1) is 51.0 Å². The van der Waals surface area contributed by atoms with Gasteiger partial charge in [-0.15, -0.1) is 0 Å². The minimum atomic E-state index is -1.96. The fourth-order valence-corrected chi connectivity index (χ4v) is 14.6. The second-order valence-corrected chi connectivity index (χ2v) is 35.9. The Labute approximate surface area is 820 Å². The molecule has 4 rings (SSSR count). The Kier molecular flexibility index (Phi) is 51.7. The lowest BCUT2D eigenvalue weighted by atomic mass is 9.96. The monoisotopic (exact) mass is 2010 g/mol. The van der Waals surface area contributed by atoms with E-state index in [2.05, 4.69) is 115 Å². The van der Waals surface area contributed by atoms with Crippen molar-refractivity contribution in [3.05, 3.63) is 72.5 Å². The molecular weight excluding hydrogens is 1860 g/mol. The number of benzene rings is 1. The van der Waals surface area contributed by atoms with Crippen LogP contribution in [0.1, 0.15) is 184 Å². The van der Waals surface area contributed by atoms with Gasteiger partial charge in [0.1, 0.15) is 96.7 Å². The molecule has 790 valence electrons. The van der Waals surface area contributed by atoms with Gasteiger partial charge < -0.3 is 158 Å². The Balaban J connectivity index is 1.67. The summed E-state index contributed by atoms with van der Waals surface area (Å²) in [7, 11) is 0.